The number of hydrogen-bond acceptors (Lipinski definition) is 3. The maximum Gasteiger partial charge on any atom is 0.224 e. The van der Waals surface area contributed by atoms with Crippen LogP contribution in [0.3, 0.4) is 0 Å². The van der Waals surface area contributed by atoms with Crippen LogP contribution in [-0.4, -0.2) is 43.4 Å². The number of benzene rings is 1. The minimum absolute atomic E-state index is 0.121. The van der Waals surface area contributed by atoms with Gasteiger partial charge in [-0.25, -0.2) is 0 Å². The smallest absolute Gasteiger partial charge is 0.224 e. The summed E-state index contributed by atoms with van der Waals surface area (Å²) in [6.07, 6.45) is 1.38. The van der Waals surface area contributed by atoms with E-state index >= 15 is 0 Å². The van der Waals surface area contributed by atoms with Gasteiger partial charge in [0, 0.05) is 50.9 Å². The van der Waals surface area contributed by atoms with E-state index in [1.807, 2.05) is 44.3 Å². The van der Waals surface area contributed by atoms with Gasteiger partial charge >= 0.3 is 0 Å². The van der Waals surface area contributed by atoms with Crippen LogP contribution >= 0.6 is 11.3 Å². The van der Waals surface area contributed by atoms with Gasteiger partial charge in [0.2, 0.25) is 5.91 Å². The number of aliphatic imine (C=N–C) groups is 1. The molecular weight excluding hydrogens is 344 g/mol. The van der Waals surface area contributed by atoms with Gasteiger partial charge in [0.25, 0.3) is 0 Å². The number of amides is 1. The molecule has 0 aliphatic carbocycles. The predicted molar refractivity (Wildman–Crippen MR) is 110 cm³/mol. The summed E-state index contributed by atoms with van der Waals surface area (Å²) in [6, 6.07) is 14.2. The van der Waals surface area contributed by atoms with Crippen LogP contribution in [0.15, 0.2) is 52.8 Å². The van der Waals surface area contributed by atoms with Crippen LogP contribution in [0.2, 0.25) is 0 Å². The Morgan fingerprint density at radius 1 is 1.15 bits per heavy atom. The lowest BCUT2D eigenvalue weighted by molar-refractivity contribution is -0.130. The average molecular weight is 373 g/mol. The summed E-state index contributed by atoms with van der Waals surface area (Å²) in [7, 11) is 1.84. The third-order valence-corrected chi connectivity index (χ3v) is 4.81. The van der Waals surface area contributed by atoms with Gasteiger partial charge in [-0.1, -0.05) is 36.4 Å². The maximum absolute atomic E-state index is 12.3. The fourth-order valence-electron chi connectivity index (χ4n) is 2.50. The molecule has 26 heavy (non-hydrogen) atoms. The van der Waals surface area contributed by atoms with E-state index in [0.29, 0.717) is 19.5 Å². The zero-order valence-corrected chi connectivity index (χ0v) is 16.4. The molecule has 2 rings (SSSR count). The molecule has 1 amide bonds. The first-order valence-electron chi connectivity index (χ1n) is 9.01. The largest absolute Gasteiger partial charge is 0.357 e. The van der Waals surface area contributed by atoms with Gasteiger partial charge in [-0.3, -0.25) is 9.79 Å². The third-order valence-electron chi connectivity index (χ3n) is 3.87. The summed E-state index contributed by atoms with van der Waals surface area (Å²) < 4.78 is 0. The van der Waals surface area contributed by atoms with Crippen LogP contribution in [-0.2, 0) is 17.8 Å². The lowest BCUT2D eigenvalue weighted by Crippen LogP contribution is -2.39. The zero-order chi connectivity index (χ0) is 18.6. The Bertz CT molecular complexity index is 670. The van der Waals surface area contributed by atoms with E-state index in [0.717, 1.165) is 31.0 Å². The maximum atomic E-state index is 12.3. The van der Waals surface area contributed by atoms with E-state index in [2.05, 4.69) is 33.1 Å². The molecule has 140 valence electrons. The zero-order valence-electron chi connectivity index (χ0n) is 15.6. The molecule has 2 aromatic rings. The highest BCUT2D eigenvalue weighted by molar-refractivity contribution is 7.09. The van der Waals surface area contributed by atoms with Gasteiger partial charge in [0.15, 0.2) is 5.96 Å². The summed E-state index contributed by atoms with van der Waals surface area (Å²) in [5.74, 6) is 0.887. The first-order valence-corrected chi connectivity index (χ1v) is 9.89. The summed E-state index contributed by atoms with van der Waals surface area (Å²) in [5.41, 5.74) is 1.14. The number of thiophene rings is 1. The molecule has 0 saturated carbocycles. The second-order valence-corrected chi connectivity index (χ2v) is 7.03. The summed E-state index contributed by atoms with van der Waals surface area (Å²) >= 11 is 1.75. The third kappa shape index (κ3) is 7.27. The van der Waals surface area contributed by atoms with Crippen LogP contribution in [0.5, 0.6) is 0 Å². The Morgan fingerprint density at radius 2 is 1.96 bits per heavy atom. The van der Waals surface area contributed by atoms with E-state index in [1.165, 1.54) is 4.88 Å². The number of carbonyl (C=O) groups is 1. The molecule has 0 aliphatic heterocycles. The molecule has 0 aliphatic rings. The fraction of sp³-hybridized carbons (Fsp3) is 0.400. The fourth-order valence-corrected chi connectivity index (χ4v) is 3.20. The van der Waals surface area contributed by atoms with Crippen LogP contribution in [0.4, 0.5) is 0 Å². The SMILES string of the molecule is CCNC(=NCCc1cccs1)NCCC(=O)N(C)Cc1ccccc1. The van der Waals surface area contributed by atoms with Crippen molar-refractivity contribution in [1.29, 1.82) is 0 Å². The lowest BCUT2D eigenvalue weighted by Gasteiger charge is -2.18. The van der Waals surface area contributed by atoms with Gasteiger partial charge in [0.05, 0.1) is 0 Å². The van der Waals surface area contributed by atoms with Crippen molar-refractivity contribution in [1.82, 2.24) is 15.5 Å². The molecule has 0 fully saturated rings. The quantitative estimate of drug-likeness (QED) is 0.526. The van der Waals surface area contributed by atoms with Crippen LogP contribution in [0.1, 0.15) is 23.8 Å². The molecule has 0 unspecified atom stereocenters. The minimum atomic E-state index is 0.121. The number of guanidine groups is 1. The Labute approximate surface area is 160 Å². The average Bonchev–Trinajstić information content (AvgIpc) is 3.16. The summed E-state index contributed by atoms with van der Waals surface area (Å²) in [5, 5.41) is 8.55. The van der Waals surface area contributed by atoms with Crippen molar-refractivity contribution in [3.8, 4) is 0 Å². The van der Waals surface area contributed by atoms with E-state index in [1.54, 1.807) is 16.2 Å². The van der Waals surface area contributed by atoms with Gasteiger partial charge in [0.1, 0.15) is 0 Å². The predicted octanol–water partition coefficient (Wildman–Crippen LogP) is 2.89. The van der Waals surface area contributed by atoms with E-state index in [4.69, 9.17) is 0 Å². The molecular formula is C20H28N4OS. The molecule has 6 heteroatoms. The Morgan fingerprint density at radius 3 is 2.65 bits per heavy atom. The molecule has 0 atom stereocenters. The lowest BCUT2D eigenvalue weighted by atomic mass is 10.2. The minimum Gasteiger partial charge on any atom is -0.357 e. The number of hydrogen-bond donors (Lipinski definition) is 2. The van der Waals surface area contributed by atoms with Crippen LogP contribution in [0.25, 0.3) is 0 Å². The highest BCUT2D eigenvalue weighted by Crippen LogP contribution is 2.08. The van der Waals surface area contributed by atoms with Crippen LogP contribution < -0.4 is 10.6 Å². The molecule has 1 aromatic carbocycles. The Hall–Kier alpha value is -2.34. The van der Waals surface area contributed by atoms with Crippen molar-refractivity contribution in [3.05, 3.63) is 58.3 Å². The molecule has 0 saturated heterocycles. The number of rotatable bonds is 9. The molecule has 1 aromatic heterocycles. The first-order chi connectivity index (χ1) is 12.7. The van der Waals surface area contributed by atoms with E-state index < -0.39 is 0 Å². The normalized spacial score (nSPS) is 11.2. The van der Waals surface area contributed by atoms with Crippen molar-refractivity contribution in [3.63, 3.8) is 0 Å². The topological polar surface area (TPSA) is 56.7 Å². The van der Waals surface area contributed by atoms with Gasteiger partial charge in [-0.2, -0.15) is 0 Å². The van der Waals surface area contributed by atoms with Gasteiger partial charge in [-0.05, 0) is 23.9 Å². The Kier molecular flexibility index (Phi) is 8.69. The van der Waals surface area contributed by atoms with Crippen LogP contribution in [0, 0.1) is 0 Å². The monoisotopic (exact) mass is 372 g/mol. The van der Waals surface area contributed by atoms with Crippen molar-refractivity contribution < 1.29 is 4.79 Å². The highest BCUT2D eigenvalue weighted by Gasteiger charge is 2.09. The number of nitrogens with zero attached hydrogens (tertiary/aromatic N) is 2. The van der Waals surface area contributed by atoms with Gasteiger partial charge < -0.3 is 15.5 Å². The first kappa shape index (κ1) is 20.0. The van der Waals surface area contributed by atoms with E-state index in [-0.39, 0.29) is 5.91 Å². The van der Waals surface area contributed by atoms with Crippen molar-refractivity contribution in [2.24, 2.45) is 4.99 Å². The number of nitrogens with one attached hydrogen (secondary N) is 2. The molecule has 1 heterocycles. The highest BCUT2D eigenvalue weighted by atomic mass is 32.1. The second kappa shape index (κ2) is 11.3. The molecule has 5 nitrogen and oxygen atoms in total. The van der Waals surface area contributed by atoms with Gasteiger partial charge in [-0.15, -0.1) is 11.3 Å². The molecule has 0 spiro atoms. The summed E-state index contributed by atoms with van der Waals surface area (Å²) in [6.45, 7) is 4.77. The summed E-state index contributed by atoms with van der Waals surface area (Å²) in [4.78, 5) is 20.0. The standard InChI is InChI=1S/C20H28N4OS/c1-3-21-20(22-13-11-18-10-7-15-26-18)23-14-12-19(25)24(2)16-17-8-5-4-6-9-17/h4-10,15H,3,11-14,16H2,1-2H3,(H2,21,22,23). The molecule has 2 N–H and O–H groups in total. The van der Waals surface area contributed by atoms with Crippen molar-refractivity contribution in [2.75, 3.05) is 26.7 Å². The van der Waals surface area contributed by atoms with E-state index in [9.17, 15) is 4.79 Å². The second-order valence-electron chi connectivity index (χ2n) is 6.00. The van der Waals surface area contributed by atoms with Crippen molar-refractivity contribution in [2.45, 2.75) is 26.3 Å². The molecule has 0 bridgehead atoms. The van der Waals surface area contributed by atoms with Crippen molar-refractivity contribution >= 4 is 23.2 Å². The Balaban J connectivity index is 1.72. The molecule has 0 radical (unpaired) electrons. The number of carbonyl (C=O) groups excluding carboxylic acids is 1.